The van der Waals surface area contributed by atoms with Crippen molar-refractivity contribution >= 4 is 11.6 Å². The molecule has 0 spiro atoms. The van der Waals surface area contributed by atoms with Crippen LogP contribution in [-0.2, 0) is 19.3 Å². The Morgan fingerprint density at radius 1 is 1.00 bits per heavy atom. The van der Waals surface area contributed by atoms with Crippen LogP contribution in [0.2, 0.25) is 0 Å². The van der Waals surface area contributed by atoms with E-state index in [1.54, 1.807) is 4.90 Å². The molecular formula is C23H23F4N5. The number of alkyl halides is 3. The summed E-state index contributed by atoms with van der Waals surface area (Å²) >= 11 is 0. The Balaban J connectivity index is 1.52. The van der Waals surface area contributed by atoms with Crippen LogP contribution >= 0.6 is 0 Å². The van der Waals surface area contributed by atoms with Crippen molar-refractivity contribution in [3.05, 3.63) is 82.9 Å². The number of benzene rings is 2. The lowest BCUT2D eigenvalue weighted by molar-refractivity contribution is -0.137. The number of halogens is 4. The number of nitrogens with two attached hydrogens (primary N) is 1. The molecule has 3 aromatic rings. The predicted molar refractivity (Wildman–Crippen MR) is 114 cm³/mol. The number of hydrogen-bond acceptors (Lipinski definition) is 5. The summed E-state index contributed by atoms with van der Waals surface area (Å²) in [5.41, 5.74) is 7.55. The standard InChI is InChI=1S/C23H23F4N5/c24-20-21(29-13-16-5-3-15(12-28)4-6-16)30-14-31-22(20)32-11-1-2-19(32)17-7-9-18(10-8-17)23(25,26)27/h3-10,14,19H,1-2,11-13,28H2,(H,29,30,31). The van der Waals surface area contributed by atoms with Crippen LogP contribution < -0.4 is 16.0 Å². The molecule has 0 saturated carbocycles. The Morgan fingerprint density at radius 3 is 2.34 bits per heavy atom. The molecule has 9 heteroatoms. The molecule has 2 aromatic carbocycles. The molecule has 1 saturated heterocycles. The zero-order valence-electron chi connectivity index (χ0n) is 17.2. The van der Waals surface area contributed by atoms with Crippen LogP contribution in [0.5, 0.6) is 0 Å². The highest BCUT2D eigenvalue weighted by molar-refractivity contribution is 5.53. The third-order valence-electron chi connectivity index (χ3n) is 5.64. The van der Waals surface area contributed by atoms with Crippen LogP contribution in [0.25, 0.3) is 0 Å². The second kappa shape index (κ2) is 9.12. The lowest BCUT2D eigenvalue weighted by atomic mass is 10.0. The quantitative estimate of drug-likeness (QED) is 0.520. The summed E-state index contributed by atoms with van der Waals surface area (Å²) in [6, 6.07) is 12.4. The summed E-state index contributed by atoms with van der Waals surface area (Å²) in [4.78, 5) is 9.96. The molecule has 5 nitrogen and oxygen atoms in total. The van der Waals surface area contributed by atoms with Crippen molar-refractivity contribution in [3.63, 3.8) is 0 Å². The number of aromatic nitrogens is 2. The Bertz CT molecular complexity index is 1050. The van der Waals surface area contributed by atoms with Crippen molar-refractivity contribution in [3.8, 4) is 0 Å². The first-order valence-electron chi connectivity index (χ1n) is 10.3. The molecule has 0 amide bonds. The first-order chi connectivity index (χ1) is 15.4. The fourth-order valence-corrected chi connectivity index (χ4v) is 3.92. The summed E-state index contributed by atoms with van der Waals surface area (Å²) < 4.78 is 53.9. The largest absolute Gasteiger partial charge is 0.416 e. The predicted octanol–water partition coefficient (Wildman–Crippen LogP) is 5.05. The minimum absolute atomic E-state index is 0.0796. The van der Waals surface area contributed by atoms with Gasteiger partial charge in [0.05, 0.1) is 11.6 Å². The topological polar surface area (TPSA) is 67.1 Å². The van der Waals surface area contributed by atoms with Crippen molar-refractivity contribution in [2.24, 2.45) is 5.73 Å². The van der Waals surface area contributed by atoms with E-state index < -0.39 is 17.6 Å². The maximum Gasteiger partial charge on any atom is 0.416 e. The van der Waals surface area contributed by atoms with Gasteiger partial charge in [0.1, 0.15) is 6.33 Å². The van der Waals surface area contributed by atoms with Gasteiger partial charge in [-0.2, -0.15) is 17.6 Å². The van der Waals surface area contributed by atoms with Gasteiger partial charge in [0, 0.05) is 19.6 Å². The molecule has 1 aliphatic rings. The third kappa shape index (κ3) is 4.67. The normalized spacial score (nSPS) is 16.4. The first-order valence-corrected chi connectivity index (χ1v) is 10.3. The van der Waals surface area contributed by atoms with Crippen LogP contribution in [0.4, 0.5) is 29.2 Å². The van der Waals surface area contributed by atoms with Crippen molar-refractivity contribution in [2.75, 3.05) is 16.8 Å². The lowest BCUT2D eigenvalue weighted by Crippen LogP contribution is -2.25. The molecule has 0 bridgehead atoms. The van der Waals surface area contributed by atoms with Gasteiger partial charge in [-0.05, 0) is 41.7 Å². The number of nitrogens with one attached hydrogen (secondary N) is 1. The van der Waals surface area contributed by atoms with E-state index in [-0.39, 0.29) is 17.7 Å². The van der Waals surface area contributed by atoms with E-state index >= 15 is 4.39 Å². The second-order valence-electron chi connectivity index (χ2n) is 7.71. The average molecular weight is 445 g/mol. The van der Waals surface area contributed by atoms with E-state index in [2.05, 4.69) is 15.3 Å². The third-order valence-corrected chi connectivity index (χ3v) is 5.64. The van der Waals surface area contributed by atoms with Gasteiger partial charge in [0.2, 0.25) is 5.82 Å². The van der Waals surface area contributed by atoms with Gasteiger partial charge in [-0.25, -0.2) is 9.97 Å². The van der Waals surface area contributed by atoms with Gasteiger partial charge < -0.3 is 16.0 Å². The van der Waals surface area contributed by atoms with E-state index in [1.807, 2.05) is 24.3 Å². The van der Waals surface area contributed by atoms with E-state index in [1.165, 1.54) is 18.5 Å². The van der Waals surface area contributed by atoms with Crippen LogP contribution in [0.3, 0.4) is 0 Å². The molecular weight excluding hydrogens is 422 g/mol. The highest BCUT2D eigenvalue weighted by Crippen LogP contribution is 2.38. The Hall–Kier alpha value is -3.20. The molecule has 1 fully saturated rings. The molecule has 1 unspecified atom stereocenters. The van der Waals surface area contributed by atoms with Crippen molar-refractivity contribution < 1.29 is 17.6 Å². The minimum Gasteiger partial charge on any atom is -0.363 e. The van der Waals surface area contributed by atoms with Gasteiger partial charge >= 0.3 is 6.18 Å². The smallest absolute Gasteiger partial charge is 0.363 e. The van der Waals surface area contributed by atoms with Crippen molar-refractivity contribution in [1.82, 2.24) is 9.97 Å². The summed E-state index contributed by atoms with van der Waals surface area (Å²) in [6.45, 7) is 1.38. The van der Waals surface area contributed by atoms with Crippen LogP contribution in [0.15, 0.2) is 54.9 Å². The monoisotopic (exact) mass is 445 g/mol. The van der Waals surface area contributed by atoms with Crippen LogP contribution in [0.1, 0.15) is 41.1 Å². The van der Waals surface area contributed by atoms with E-state index in [0.717, 1.165) is 29.7 Å². The zero-order valence-corrected chi connectivity index (χ0v) is 17.2. The second-order valence-corrected chi connectivity index (χ2v) is 7.71. The summed E-state index contributed by atoms with van der Waals surface area (Å²) in [6.07, 6.45) is -1.62. The molecule has 4 rings (SSSR count). The Labute approximate surface area is 183 Å². The van der Waals surface area contributed by atoms with Gasteiger partial charge in [-0.15, -0.1) is 0 Å². The van der Waals surface area contributed by atoms with Crippen molar-refractivity contribution in [1.29, 1.82) is 0 Å². The van der Waals surface area contributed by atoms with Crippen LogP contribution in [-0.4, -0.2) is 16.5 Å². The maximum atomic E-state index is 15.3. The van der Waals surface area contributed by atoms with Gasteiger partial charge in [0.15, 0.2) is 11.6 Å². The summed E-state index contributed by atoms with van der Waals surface area (Å²) in [5, 5.41) is 3.00. The molecule has 0 aliphatic carbocycles. The summed E-state index contributed by atoms with van der Waals surface area (Å²) in [7, 11) is 0. The van der Waals surface area contributed by atoms with E-state index in [0.29, 0.717) is 31.6 Å². The fourth-order valence-electron chi connectivity index (χ4n) is 3.92. The molecule has 168 valence electrons. The van der Waals surface area contributed by atoms with Gasteiger partial charge in [0.25, 0.3) is 0 Å². The molecule has 1 aliphatic heterocycles. The Morgan fingerprint density at radius 2 is 1.69 bits per heavy atom. The maximum absolute atomic E-state index is 15.3. The number of rotatable bonds is 6. The zero-order chi connectivity index (χ0) is 22.7. The number of hydrogen-bond donors (Lipinski definition) is 2. The molecule has 32 heavy (non-hydrogen) atoms. The highest BCUT2D eigenvalue weighted by Gasteiger charge is 2.33. The average Bonchev–Trinajstić information content (AvgIpc) is 3.28. The van der Waals surface area contributed by atoms with Crippen LogP contribution in [0, 0.1) is 5.82 Å². The van der Waals surface area contributed by atoms with E-state index in [4.69, 9.17) is 5.73 Å². The molecule has 1 aromatic heterocycles. The SMILES string of the molecule is NCc1ccc(CNc2ncnc(N3CCCC3c3ccc(C(F)(F)F)cc3)c2F)cc1. The number of nitrogens with zero attached hydrogens (tertiary/aromatic N) is 3. The van der Waals surface area contributed by atoms with E-state index in [9.17, 15) is 13.2 Å². The minimum atomic E-state index is -4.39. The number of anilines is 2. The molecule has 0 radical (unpaired) electrons. The lowest BCUT2D eigenvalue weighted by Gasteiger charge is -2.27. The Kier molecular flexibility index (Phi) is 6.27. The highest BCUT2D eigenvalue weighted by atomic mass is 19.4. The molecule has 3 N–H and O–H groups in total. The first kappa shape index (κ1) is 22.0. The summed E-state index contributed by atoms with van der Waals surface area (Å²) in [5.74, 6) is -0.357. The van der Waals surface area contributed by atoms with Gasteiger partial charge in [-0.1, -0.05) is 36.4 Å². The molecule has 1 atom stereocenters. The van der Waals surface area contributed by atoms with Crippen molar-refractivity contribution in [2.45, 2.75) is 38.1 Å². The van der Waals surface area contributed by atoms with Gasteiger partial charge in [-0.3, -0.25) is 0 Å². The molecule has 2 heterocycles. The fraction of sp³-hybridized carbons (Fsp3) is 0.304.